The third-order valence-electron chi connectivity index (χ3n) is 4.12. The Morgan fingerprint density at radius 3 is 2.54 bits per heavy atom. The number of benzene rings is 2. The summed E-state index contributed by atoms with van der Waals surface area (Å²) >= 11 is 1.55. The summed E-state index contributed by atoms with van der Waals surface area (Å²) in [6.45, 7) is 4.06. The van der Waals surface area contributed by atoms with Crippen LogP contribution < -0.4 is 5.56 Å². The number of rotatable bonds is 2. The monoisotopic (exact) mass is 332 g/mol. The zero-order valence-corrected chi connectivity index (χ0v) is 14.3. The lowest BCUT2D eigenvalue weighted by Crippen LogP contribution is -2.18. The number of aryl methyl sites for hydroxylation is 2. The number of hydrogen-bond donors (Lipinski definition) is 0. The first-order chi connectivity index (χ1) is 11.6. The van der Waals surface area contributed by atoms with Gasteiger partial charge < -0.3 is 0 Å². The maximum absolute atomic E-state index is 12.9. The Bertz CT molecular complexity index is 1090. The van der Waals surface area contributed by atoms with Crippen molar-refractivity contribution in [2.75, 3.05) is 0 Å². The number of hydrogen-bond acceptors (Lipinski definition) is 3. The molecule has 0 amide bonds. The lowest BCUT2D eigenvalue weighted by molar-refractivity contribution is 0.954. The van der Waals surface area contributed by atoms with E-state index in [1.54, 1.807) is 22.2 Å². The topological polar surface area (TPSA) is 34.9 Å². The van der Waals surface area contributed by atoms with E-state index in [-0.39, 0.29) is 5.56 Å². The van der Waals surface area contributed by atoms with Gasteiger partial charge in [0.2, 0.25) is 0 Å². The Kier molecular flexibility index (Phi) is 3.54. The maximum atomic E-state index is 12.9. The average molecular weight is 332 g/mol. The molecule has 0 fully saturated rings. The van der Waals surface area contributed by atoms with Gasteiger partial charge in [-0.05, 0) is 37.1 Å². The van der Waals surface area contributed by atoms with Gasteiger partial charge in [-0.15, -0.1) is 11.3 Å². The predicted molar refractivity (Wildman–Crippen MR) is 100 cm³/mol. The van der Waals surface area contributed by atoms with Gasteiger partial charge in [-0.2, -0.15) is 0 Å². The van der Waals surface area contributed by atoms with Crippen molar-refractivity contribution in [2.45, 2.75) is 13.8 Å². The van der Waals surface area contributed by atoms with Crippen molar-refractivity contribution in [3.63, 3.8) is 0 Å². The van der Waals surface area contributed by atoms with E-state index in [1.165, 1.54) is 5.56 Å². The first kappa shape index (κ1) is 14.8. The van der Waals surface area contributed by atoms with E-state index >= 15 is 0 Å². The van der Waals surface area contributed by atoms with Crippen LogP contribution in [-0.2, 0) is 0 Å². The van der Waals surface area contributed by atoms with Crippen molar-refractivity contribution in [1.82, 2.24) is 9.55 Å². The van der Waals surface area contributed by atoms with Gasteiger partial charge in [-0.1, -0.05) is 48.0 Å². The van der Waals surface area contributed by atoms with Gasteiger partial charge in [-0.3, -0.25) is 9.36 Å². The third-order valence-corrected chi connectivity index (χ3v) is 5.21. The van der Waals surface area contributed by atoms with Crippen LogP contribution in [0, 0.1) is 13.8 Å². The molecule has 0 aliphatic rings. The molecule has 4 heteroatoms. The van der Waals surface area contributed by atoms with Crippen LogP contribution in [0.1, 0.15) is 11.1 Å². The summed E-state index contributed by atoms with van der Waals surface area (Å²) in [4.78, 5) is 19.3. The first-order valence-electron chi connectivity index (χ1n) is 7.78. The van der Waals surface area contributed by atoms with Crippen molar-refractivity contribution in [2.24, 2.45) is 0 Å². The average Bonchev–Trinajstić information content (AvgIpc) is 3.02. The molecular formula is C20H16N2OS. The SMILES string of the molecule is Cc1ccc(-n2cnc3sc(-c4ccccc4)cc3c2=O)c(C)c1. The van der Waals surface area contributed by atoms with Crippen molar-refractivity contribution in [3.8, 4) is 16.1 Å². The van der Waals surface area contributed by atoms with Crippen LogP contribution in [0.15, 0.2) is 65.7 Å². The maximum Gasteiger partial charge on any atom is 0.266 e. The quantitative estimate of drug-likeness (QED) is 0.532. The second-order valence-electron chi connectivity index (χ2n) is 5.91. The molecule has 4 aromatic rings. The minimum Gasteiger partial charge on any atom is -0.268 e. The molecule has 0 atom stereocenters. The fourth-order valence-corrected chi connectivity index (χ4v) is 3.91. The lowest BCUT2D eigenvalue weighted by atomic mass is 10.1. The fraction of sp³-hybridized carbons (Fsp3) is 0.100. The molecule has 4 rings (SSSR count). The van der Waals surface area contributed by atoms with E-state index in [9.17, 15) is 4.79 Å². The summed E-state index contributed by atoms with van der Waals surface area (Å²) in [6, 6.07) is 18.1. The van der Waals surface area contributed by atoms with Crippen LogP contribution in [0.4, 0.5) is 0 Å². The molecule has 2 aromatic carbocycles. The molecule has 0 radical (unpaired) electrons. The summed E-state index contributed by atoms with van der Waals surface area (Å²) in [5.41, 5.74) is 4.22. The second kappa shape index (κ2) is 5.73. The lowest BCUT2D eigenvalue weighted by Gasteiger charge is -2.09. The highest BCUT2D eigenvalue weighted by atomic mass is 32.1. The van der Waals surface area contributed by atoms with E-state index < -0.39 is 0 Å². The zero-order chi connectivity index (χ0) is 16.7. The van der Waals surface area contributed by atoms with E-state index in [0.717, 1.165) is 26.5 Å². The summed E-state index contributed by atoms with van der Waals surface area (Å²) in [6.07, 6.45) is 1.63. The van der Waals surface area contributed by atoms with E-state index in [2.05, 4.69) is 11.1 Å². The van der Waals surface area contributed by atoms with Crippen LogP contribution in [0.3, 0.4) is 0 Å². The molecule has 0 aliphatic heterocycles. The number of aromatic nitrogens is 2. The van der Waals surface area contributed by atoms with Crippen LogP contribution in [0.2, 0.25) is 0 Å². The standard InChI is InChI=1S/C20H16N2OS/c1-13-8-9-17(14(2)10-13)22-12-21-19-16(20(22)23)11-18(24-19)15-6-4-3-5-7-15/h3-12H,1-2H3. The minimum absolute atomic E-state index is 0.0228. The normalized spacial score (nSPS) is 11.1. The number of thiophene rings is 1. The highest BCUT2D eigenvalue weighted by Crippen LogP contribution is 2.30. The number of nitrogens with zero attached hydrogens (tertiary/aromatic N) is 2. The molecule has 3 nitrogen and oxygen atoms in total. The Morgan fingerprint density at radius 1 is 1.00 bits per heavy atom. The van der Waals surface area contributed by atoms with Gasteiger partial charge in [0.1, 0.15) is 11.2 Å². The van der Waals surface area contributed by atoms with Gasteiger partial charge in [0.25, 0.3) is 5.56 Å². The van der Waals surface area contributed by atoms with Crippen LogP contribution in [-0.4, -0.2) is 9.55 Å². The highest BCUT2D eigenvalue weighted by molar-refractivity contribution is 7.21. The van der Waals surface area contributed by atoms with Crippen LogP contribution in [0.25, 0.3) is 26.3 Å². The predicted octanol–water partition coefficient (Wildman–Crippen LogP) is 4.73. The molecule has 2 aromatic heterocycles. The molecule has 118 valence electrons. The Morgan fingerprint density at radius 2 is 1.79 bits per heavy atom. The molecule has 0 N–H and O–H groups in total. The minimum atomic E-state index is -0.0228. The molecule has 0 saturated heterocycles. The van der Waals surface area contributed by atoms with Gasteiger partial charge >= 0.3 is 0 Å². The molecule has 0 spiro atoms. The Labute approximate surface area is 143 Å². The van der Waals surface area contributed by atoms with Crippen molar-refractivity contribution in [3.05, 3.63) is 82.4 Å². The Balaban J connectivity index is 1.91. The number of fused-ring (bicyclic) bond motifs is 1. The van der Waals surface area contributed by atoms with Gasteiger partial charge in [0.05, 0.1) is 11.1 Å². The van der Waals surface area contributed by atoms with E-state index in [0.29, 0.717) is 5.39 Å². The molecule has 0 saturated carbocycles. The van der Waals surface area contributed by atoms with Gasteiger partial charge in [0, 0.05) is 4.88 Å². The van der Waals surface area contributed by atoms with Crippen molar-refractivity contribution >= 4 is 21.6 Å². The molecular weight excluding hydrogens is 316 g/mol. The second-order valence-corrected chi connectivity index (χ2v) is 6.94. The molecule has 0 bridgehead atoms. The first-order valence-corrected chi connectivity index (χ1v) is 8.59. The van der Waals surface area contributed by atoms with Gasteiger partial charge in [0.15, 0.2) is 0 Å². The van der Waals surface area contributed by atoms with Crippen LogP contribution in [0.5, 0.6) is 0 Å². The van der Waals surface area contributed by atoms with Crippen LogP contribution >= 0.6 is 11.3 Å². The largest absolute Gasteiger partial charge is 0.268 e. The summed E-state index contributed by atoms with van der Waals surface area (Å²) in [7, 11) is 0. The van der Waals surface area contributed by atoms with Crippen molar-refractivity contribution < 1.29 is 0 Å². The smallest absolute Gasteiger partial charge is 0.266 e. The zero-order valence-electron chi connectivity index (χ0n) is 13.5. The fourth-order valence-electron chi connectivity index (χ4n) is 2.91. The highest BCUT2D eigenvalue weighted by Gasteiger charge is 2.12. The van der Waals surface area contributed by atoms with Crippen molar-refractivity contribution in [1.29, 1.82) is 0 Å². The summed E-state index contributed by atoms with van der Waals surface area (Å²) < 4.78 is 1.64. The molecule has 24 heavy (non-hydrogen) atoms. The van der Waals surface area contributed by atoms with E-state index in [4.69, 9.17) is 0 Å². The summed E-state index contributed by atoms with van der Waals surface area (Å²) in [5.74, 6) is 0. The molecule has 2 heterocycles. The molecule has 0 unspecified atom stereocenters. The third kappa shape index (κ3) is 2.45. The molecule has 0 aliphatic carbocycles. The Hall–Kier alpha value is -2.72. The van der Waals surface area contributed by atoms with E-state index in [1.807, 2.05) is 62.4 Å². The van der Waals surface area contributed by atoms with Gasteiger partial charge in [-0.25, -0.2) is 4.98 Å². The summed E-state index contributed by atoms with van der Waals surface area (Å²) in [5, 5.41) is 0.668.